The Bertz CT molecular complexity index is 1000. The summed E-state index contributed by atoms with van der Waals surface area (Å²) in [5.74, 6) is 0. The van der Waals surface area contributed by atoms with Gasteiger partial charge in [0, 0.05) is 36.0 Å². The van der Waals surface area contributed by atoms with E-state index in [4.69, 9.17) is 23.8 Å². The second-order valence-electron chi connectivity index (χ2n) is 6.97. The Morgan fingerprint density at radius 3 is 2.43 bits per heavy atom. The molecule has 1 saturated heterocycles. The van der Waals surface area contributed by atoms with Gasteiger partial charge in [0.15, 0.2) is 5.11 Å². The van der Waals surface area contributed by atoms with Crippen molar-refractivity contribution in [2.45, 2.75) is 24.2 Å². The summed E-state index contributed by atoms with van der Waals surface area (Å²) in [6, 6.07) is 11.9. The molecule has 30 heavy (non-hydrogen) atoms. The largest absolute Gasteiger partial charge is 0.370 e. The zero-order valence-electron chi connectivity index (χ0n) is 16.5. The lowest BCUT2D eigenvalue weighted by atomic mass is 10.1. The Kier molecular flexibility index (Phi) is 7.58. The topological polar surface area (TPSA) is 73.5 Å². The van der Waals surface area contributed by atoms with Gasteiger partial charge in [-0.25, -0.2) is 8.42 Å². The summed E-state index contributed by atoms with van der Waals surface area (Å²) in [5.41, 5.74) is 1.73. The average molecular weight is 465 g/mol. The molecule has 0 amide bonds. The monoisotopic (exact) mass is 464 g/mol. The summed E-state index contributed by atoms with van der Waals surface area (Å²) in [5, 5.41) is 6.95. The van der Waals surface area contributed by atoms with Gasteiger partial charge in [-0.05, 0) is 73.9 Å². The molecule has 0 radical (unpaired) electrons. The maximum absolute atomic E-state index is 13.3. The van der Waals surface area contributed by atoms with E-state index >= 15 is 0 Å². The van der Waals surface area contributed by atoms with Gasteiger partial charge in [0.25, 0.3) is 10.0 Å². The lowest BCUT2D eigenvalue weighted by Crippen LogP contribution is -2.32. The van der Waals surface area contributed by atoms with Gasteiger partial charge in [0.1, 0.15) is 4.90 Å². The van der Waals surface area contributed by atoms with Crippen LogP contribution in [0.25, 0.3) is 0 Å². The molecule has 3 rings (SSSR count). The highest BCUT2D eigenvalue weighted by Gasteiger charge is 2.24. The van der Waals surface area contributed by atoms with Gasteiger partial charge in [-0.3, -0.25) is 4.72 Å². The van der Waals surface area contributed by atoms with Crippen molar-refractivity contribution < 1.29 is 8.42 Å². The van der Waals surface area contributed by atoms with Gasteiger partial charge in [0.05, 0.1) is 5.69 Å². The van der Waals surface area contributed by atoms with Crippen LogP contribution in [-0.4, -0.2) is 33.2 Å². The van der Waals surface area contributed by atoms with E-state index in [1.165, 1.54) is 0 Å². The van der Waals surface area contributed by atoms with Gasteiger partial charge in [-0.1, -0.05) is 17.7 Å². The summed E-state index contributed by atoms with van der Waals surface area (Å²) in [6.07, 6.45) is 4.93. The van der Waals surface area contributed by atoms with Crippen molar-refractivity contribution in [2.75, 3.05) is 34.6 Å². The van der Waals surface area contributed by atoms with Gasteiger partial charge in [0.2, 0.25) is 0 Å². The van der Waals surface area contributed by atoms with E-state index in [0.717, 1.165) is 32.4 Å². The van der Waals surface area contributed by atoms with Crippen LogP contribution in [0.15, 0.2) is 60.0 Å². The van der Waals surface area contributed by atoms with Crippen LogP contribution in [0.3, 0.4) is 0 Å². The maximum Gasteiger partial charge on any atom is 0.264 e. The Morgan fingerprint density at radius 1 is 1.10 bits per heavy atom. The molecule has 0 saturated carbocycles. The summed E-state index contributed by atoms with van der Waals surface area (Å²) < 4.78 is 29.3. The third-order valence-corrected chi connectivity index (χ3v) is 6.62. The number of piperidine rings is 1. The molecule has 6 nitrogen and oxygen atoms in total. The second-order valence-corrected chi connectivity index (χ2v) is 9.46. The maximum atomic E-state index is 13.3. The predicted molar refractivity (Wildman–Crippen MR) is 129 cm³/mol. The zero-order valence-corrected chi connectivity index (χ0v) is 18.9. The SMILES string of the molecule is C=CCNC(=S)Nc1ccc(N2CCCCC2)c(S(=O)(=O)Nc2ccc(Cl)cc2)c1. The summed E-state index contributed by atoms with van der Waals surface area (Å²) >= 11 is 11.2. The Hall–Kier alpha value is -2.29. The van der Waals surface area contributed by atoms with Crippen LogP contribution in [0, 0.1) is 0 Å². The zero-order chi connectivity index (χ0) is 21.6. The molecule has 1 fully saturated rings. The molecule has 2 aromatic rings. The number of nitrogens with zero attached hydrogens (tertiary/aromatic N) is 1. The quantitative estimate of drug-likeness (QED) is 0.410. The number of hydrogen-bond acceptors (Lipinski definition) is 4. The van der Waals surface area contributed by atoms with E-state index in [9.17, 15) is 8.42 Å². The molecule has 0 atom stereocenters. The Morgan fingerprint density at radius 2 is 1.77 bits per heavy atom. The van der Waals surface area contributed by atoms with E-state index in [1.807, 2.05) is 12.1 Å². The molecule has 160 valence electrons. The standard InChI is InChI=1S/C21H25ClN4O2S2/c1-2-12-23-21(29)24-18-10-11-19(26-13-4-3-5-14-26)20(15-18)30(27,28)25-17-8-6-16(22)7-9-17/h2,6-11,15,25H,1,3-5,12-14H2,(H2,23,24,29). The third-order valence-electron chi connectivity index (χ3n) is 4.71. The van der Waals surface area contributed by atoms with Crippen LogP contribution >= 0.6 is 23.8 Å². The van der Waals surface area contributed by atoms with Gasteiger partial charge < -0.3 is 15.5 Å². The van der Waals surface area contributed by atoms with Crippen molar-refractivity contribution in [1.82, 2.24) is 5.32 Å². The van der Waals surface area contributed by atoms with Gasteiger partial charge in [-0.2, -0.15) is 0 Å². The van der Waals surface area contributed by atoms with Crippen LogP contribution in [-0.2, 0) is 10.0 Å². The minimum atomic E-state index is -3.84. The first-order valence-corrected chi connectivity index (χ1v) is 12.0. The molecule has 0 aliphatic carbocycles. The van der Waals surface area contributed by atoms with E-state index in [1.54, 1.807) is 36.4 Å². The number of sulfonamides is 1. The van der Waals surface area contributed by atoms with Crippen molar-refractivity contribution in [3.63, 3.8) is 0 Å². The van der Waals surface area contributed by atoms with Crippen LogP contribution in [0.2, 0.25) is 5.02 Å². The smallest absolute Gasteiger partial charge is 0.264 e. The van der Waals surface area contributed by atoms with E-state index in [2.05, 4.69) is 26.8 Å². The van der Waals surface area contributed by atoms with Crippen molar-refractivity contribution in [2.24, 2.45) is 0 Å². The number of thiocarbonyl (C=S) groups is 1. The highest BCUT2D eigenvalue weighted by molar-refractivity contribution is 7.93. The Balaban J connectivity index is 1.94. The highest BCUT2D eigenvalue weighted by atomic mass is 35.5. The molecule has 1 heterocycles. The van der Waals surface area contributed by atoms with E-state index in [0.29, 0.717) is 33.7 Å². The average Bonchev–Trinajstić information content (AvgIpc) is 2.74. The fraction of sp³-hybridized carbons (Fsp3) is 0.286. The minimum Gasteiger partial charge on any atom is -0.370 e. The molecule has 1 aliphatic heterocycles. The molecule has 9 heteroatoms. The number of benzene rings is 2. The second kappa shape index (κ2) is 10.1. The summed E-state index contributed by atoms with van der Waals surface area (Å²) in [4.78, 5) is 2.33. The van der Waals surface area contributed by atoms with Gasteiger partial charge >= 0.3 is 0 Å². The van der Waals surface area contributed by atoms with Crippen molar-refractivity contribution >= 4 is 56.0 Å². The summed E-state index contributed by atoms with van der Waals surface area (Å²) in [6.45, 7) is 5.82. The fourth-order valence-electron chi connectivity index (χ4n) is 3.27. The summed E-state index contributed by atoms with van der Waals surface area (Å²) in [7, 11) is -3.84. The number of anilines is 3. The van der Waals surface area contributed by atoms with Gasteiger partial charge in [-0.15, -0.1) is 6.58 Å². The van der Waals surface area contributed by atoms with Crippen LogP contribution in [0.4, 0.5) is 17.1 Å². The third kappa shape index (κ3) is 5.87. The molecular weight excluding hydrogens is 440 g/mol. The molecule has 0 bridgehead atoms. The van der Waals surface area contributed by atoms with Crippen LogP contribution in [0.1, 0.15) is 19.3 Å². The molecule has 1 aliphatic rings. The first-order valence-electron chi connectivity index (χ1n) is 9.72. The first kappa shape index (κ1) is 22.4. The predicted octanol–water partition coefficient (Wildman–Crippen LogP) is 4.60. The van der Waals surface area contributed by atoms with E-state index in [-0.39, 0.29) is 4.90 Å². The van der Waals surface area contributed by atoms with Crippen molar-refractivity contribution in [1.29, 1.82) is 0 Å². The minimum absolute atomic E-state index is 0.205. The lowest BCUT2D eigenvalue weighted by molar-refractivity contribution is 0.571. The first-order chi connectivity index (χ1) is 14.4. The lowest BCUT2D eigenvalue weighted by Gasteiger charge is -2.30. The molecule has 0 aromatic heterocycles. The highest BCUT2D eigenvalue weighted by Crippen LogP contribution is 2.32. The fourth-order valence-corrected chi connectivity index (χ4v) is 4.91. The normalized spacial score (nSPS) is 14.1. The number of rotatable bonds is 7. The molecule has 3 N–H and O–H groups in total. The molecule has 0 spiro atoms. The van der Waals surface area contributed by atoms with Crippen LogP contribution < -0.4 is 20.3 Å². The molecular formula is C21H25ClN4O2S2. The molecule has 2 aromatic carbocycles. The van der Waals surface area contributed by atoms with Crippen molar-refractivity contribution in [3.05, 3.63) is 60.1 Å². The van der Waals surface area contributed by atoms with E-state index < -0.39 is 10.0 Å². The Labute approximate surface area is 188 Å². The number of nitrogens with one attached hydrogen (secondary N) is 3. The van der Waals surface area contributed by atoms with Crippen molar-refractivity contribution in [3.8, 4) is 0 Å². The number of hydrogen-bond donors (Lipinski definition) is 3. The van der Waals surface area contributed by atoms with Crippen LogP contribution in [0.5, 0.6) is 0 Å². The molecule has 0 unspecified atom stereocenters. The number of halogens is 1.